The molecule has 1 heterocycles. The minimum atomic E-state index is -0.483. The molecule has 0 spiro atoms. The molecule has 1 N–H and O–H groups in total. The molecule has 1 aliphatic heterocycles. The number of ketones is 2. The summed E-state index contributed by atoms with van der Waals surface area (Å²) in [6.07, 6.45) is 2.35. The number of halogens is 2. The van der Waals surface area contributed by atoms with Gasteiger partial charge in [0.2, 0.25) is 0 Å². The van der Waals surface area contributed by atoms with Crippen molar-refractivity contribution in [3.05, 3.63) is 80.6 Å². The molecule has 5 rings (SSSR count). The van der Waals surface area contributed by atoms with Crippen LogP contribution in [-0.4, -0.2) is 36.0 Å². The number of Topliss-reactive ketones (excluding diaryl/α,β-unsaturated/α-hetero) is 2. The maximum Gasteiger partial charge on any atom is 0.262 e. The third-order valence-corrected chi connectivity index (χ3v) is 8.60. The molecule has 0 saturated carbocycles. The Morgan fingerprint density at radius 3 is 2.02 bits per heavy atom. The van der Waals surface area contributed by atoms with Crippen molar-refractivity contribution in [3.63, 3.8) is 0 Å². The van der Waals surface area contributed by atoms with Gasteiger partial charge in [-0.25, -0.2) is 0 Å². The van der Waals surface area contributed by atoms with Crippen LogP contribution in [0.3, 0.4) is 0 Å². The van der Waals surface area contributed by atoms with Gasteiger partial charge in [-0.2, -0.15) is 0 Å². The Morgan fingerprint density at radius 1 is 0.900 bits per heavy atom. The van der Waals surface area contributed by atoms with E-state index < -0.39 is 5.92 Å². The second-order valence-corrected chi connectivity index (χ2v) is 13.4. The summed E-state index contributed by atoms with van der Waals surface area (Å²) in [5.41, 5.74) is 4.30. The van der Waals surface area contributed by atoms with Gasteiger partial charge in [0, 0.05) is 48.3 Å². The first kappa shape index (κ1) is 28.4. The van der Waals surface area contributed by atoms with Crippen LogP contribution in [0.1, 0.15) is 64.9 Å². The van der Waals surface area contributed by atoms with Crippen molar-refractivity contribution >= 4 is 46.4 Å². The van der Waals surface area contributed by atoms with E-state index in [1.165, 1.54) is 0 Å². The van der Waals surface area contributed by atoms with Crippen molar-refractivity contribution in [2.24, 2.45) is 10.8 Å². The summed E-state index contributed by atoms with van der Waals surface area (Å²) in [5, 5.41) is 3.46. The number of carbonyl (C=O) groups is 3. The molecule has 2 aliphatic carbocycles. The van der Waals surface area contributed by atoms with Crippen LogP contribution in [0.5, 0.6) is 5.75 Å². The summed E-state index contributed by atoms with van der Waals surface area (Å²) in [5.74, 6) is -0.384. The van der Waals surface area contributed by atoms with Crippen LogP contribution in [-0.2, 0) is 14.4 Å². The highest BCUT2D eigenvalue weighted by molar-refractivity contribution is 6.33. The molecule has 1 amide bonds. The molecule has 0 fully saturated rings. The normalized spacial score (nSPS) is 20.3. The Bertz CT molecular complexity index is 1430. The fourth-order valence-corrected chi connectivity index (χ4v) is 6.63. The number of rotatable bonds is 5. The topological polar surface area (TPSA) is 75.7 Å². The lowest BCUT2D eigenvalue weighted by Crippen LogP contribution is -2.43. The smallest absolute Gasteiger partial charge is 0.262 e. The summed E-state index contributed by atoms with van der Waals surface area (Å²) in [7, 11) is 1.99. The van der Waals surface area contributed by atoms with E-state index >= 15 is 0 Å². The van der Waals surface area contributed by atoms with Gasteiger partial charge in [0.1, 0.15) is 5.75 Å². The lowest BCUT2D eigenvalue weighted by atomic mass is 9.64. The predicted molar refractivity (Wildman–Crippen MR) is 158 cm³/mol. The summed E-state index contributed by atoms with van der Waals surface area (Å²) in [6.45, 7) is 8.19. The van der Waals surface area contributed by atoms with Gasteiger partial charge < -0.3 is 15.0 Å². The fraction of sp³-hybridized carbons (Fsp3) is 0.406. The molecule has 2 aromatic carbocycles. The van der Waals surface area contributed by atoms with Gasteiger partial charge >= 0.3 is 0 Å². The molecule has 2 aromatic rings. The van der Waals surface area contributed by atoms with Crippen molar-refractivity contribution in [1.82, 2.24) is 4.90 Å². The van der Waals surface area contributed by atoms with Gasteiger partial charge in [-0.15, -0.1) is 0 Å². The Morgan fingerprint density at radius 2 is 1.48 bits per heavy atom. The summed E-state index contributed by atoms with van der Waals surface area (Å²) in [4.78, 5) is 41.9. The Hall–Kier alpha value is -3.09. The first-order valence-electron chi connectivity index (χ1n) is 13.5. The molecule has 0 aromatic heterocycles. The van der Waals surface area contributed by atoms with Crippen LogP contribution in [0.4, 0.5) is 5.69 Å². The van der Waals surface area contributed by atoms with Crippen molar-refractivity contribution in [2.45, 2.75) is 59.3 Å². The Balaban J connectivity index is 1.47. The maximum absolute atomic E-state index is 13.7. The molecule has 0 unspecified atom stereocenters. The van der Waals surface area contributed by atoms with E-state index in [1.807, 2.05) is 13.1 Å². The number of amides is 1. The number of nitrogens with zero attached hydrogens (tertiary/aromatic N) is 1. The number of hydrogen-bond donors (Lipinski definition) is 1. The fourth-order valence-electron chi connectivity index (χ4n) is 6.20. The monoisotopic (exact) mass is 580 g/mol. The van der Waals surface area contributed by atoms with Gasteiger partial charge in [0.05, 0.1) is 15.7 Å². The number of allylic oxidation sites excluding steroid dienone is 4. The van der Waals surface area contributed by atoms with Crippen molar-refractivity contribution < 1.29 is 19.1 Å². The predicted octanol–water partition coefficient (Wildman–Crippen LogP) is 7.33. The van der Waals surface area contributed by atoms with Crippen LogP contribution in [0, 0.1) is 10.8 Å². The molecular formula is C32H34Cl2N2O4. The van der Waals surface area contributed by atoms with Crippen LogP contribution in [0.15, 0.2) is 65.0 Å². The van der Waals surface area contributed by atoms with E-state index in [0.717, 1.165) is 29.8 Å². The summed E-state index contributed by atoms with van der Waals surface area (Å²) in [6, 6.07) is 12.3. The number of hydrogen-bond acceptors (Lipinski definition) is 5. The average Bonchev–Trinajstić information content (AvgIpc) is 2.85. The molecule has 6 nitrogen and oxygen atoms in total. The molecule has 210 valence electrons. The number of anilines is 1. The van der Waals surface area contributed by atoms with E-state index in [0.29, 0.717) is 45.5 Å². The van der Waals surface area contributed by atoms with E-state index in [2.05, 4.69) is 37.9 Å². The van der Waals surface area contributed by atoms with Gasteiger partial charge in [-0.1, -0.05) is 69.1 Å². The largest absolute Gasteiger partial charge is 0.482 e. The third kappa shape index (κ3) is 5.44. The molecule has 0 atom stereocenters. The number of ether oxygens (including phenoxy) is 1. The number of carbonyl (C=O) groups excluding carboxylic acids is 3. The van der Waals surface area contributed by atoms with Crippen molar-refractivity contribution in [1.29, 1.82) is 0 Å². The van der Waals surface area contributed by atoms with E-state index in [-0.39, 0.29) is 34.9 Å². The first-order chi connectivity index (χ1) is 18.8. The van der Waals surface area contributed by atoms with Crippen LogP contribution in [0.2, 0.25) is 10.0 Å². The standard InChI is InChI=1S/C32H34Cl2N2O4/c1-31(2)13-22-29(24(37)15-31)28(30-23(36(22)5)14-32(3,4)16-25(30)38)18-10-11-26(20(34)12-18)40-17-27(39)35-21-9-7-6-8-19(21)33/h6-12,28H,13-17H2,1-5H3,(H,35,39). The Kier molecular flexibility index (Phi) is 7.38. The zero-order chi connectivity index (χ0) is 29.0. The van der Waals surface area contributed by atoms with Crippen LogP contribution in [0.25, 0.3) is 0 Å². The second-order valence-electron chi connectivity index (χ2n) is 12.6. The zero-order valence-electron chi connectivity index (χ0n) is 23.5. The third-order valence-electron chi connectivity index (χ3n) is 7.98. The van der Waals surface area contributed by atoms with Crippen molar-refractivity contribution in [3.8, 4) is 5.75 Å². The zero-order valence-corrected chi connectivity index (χ0v) is 25.0. The SMILES string of the molecule is CN1C2=C(C(=O)CC(C)(C)C2)C(c2ccc(OCC(=O)Nc3ccccc3Cl)c(Cl)c2)C2=C1CC(C)(C)CC2=O. The average molecular weight is 582 g/mol. The van der Waals surface area contributed by atoms with Gasteiger partial charge in [0.15, 0.2) is 18.2 Å². The lowest BCUT2D eigenvalue weighted by Gasteiger charge is -2.47. The molecule has 3 aliphatic rings. The second kappa shape index (κ2) is 10.4. The molecule has 0 saturated heterocycles. The Labute approximate surface area is 245 Å². The van der Waals surface area contributed by atoms with Crippen LogP contribution < -0.4 is 10.1 Å². The number of para-hydroxylation sites is 1. The molecule has 40 heavy (non-hydrogen) atoms. The highest BCUT2D eigenvalue weighted by atomic mass is 35.5. The van der Waals surface area contributed by atoms with Gasteiger partial charge in [-0.3, -0.25) is 14.4 Å². The highest BCUT2D eigenvalue weighted by Crippen LogP contribution is 2.54. The number of nitrogens with one attached hydrogen (secondary N) is 1. The summed E-state index contributed by atoms with van der Waals surface area (Å²) < 4.78 is 5.73. The quantitative estimate of drug-likeness (QED) is 0.400. The first-order valence-corrected chi connectivity index (χ1v) is 14.2. The molecule has 8 heteroatoms. The van der Waals surface area contributed by atoms with E-state index in [9.17, 15) is 14.4 Å². The molecule has 0 bridgehead atoms. The van der Waals surface area contributed by atoms with Crippen molar-refractivity contribution in [2.75, 3.05) is 19.0 Å². The maximum atomic E-state index is 13.7. The molecular weight excluding hydrogens is 547 g/mol. The van der Waals surface area contributed by atoms with E-state index in [4.69, 9.17) is 27.9 Å². The van der Waals surface area contributed by atoms with Gasteiger partial charge in [0.25, 0.3) is 5.91 Å². The lowest BCUT2D eigenvalue weighted by molar-refractivity contribution is -0.120. The van der Waals surface area contributed by atoms with Gasteiger partial charge in [-0.05, 0) is 53.5 Å². The minimum Gasteiger partial charge on any atom is -0.482 e. The van der Waals surface area contributed by atoms with E-state index in [1.54, 1.807) is 36.4 Å². The number of benzene rings is 2. The van der Waals surface area contributed by atoms with Crippen LogP contribution >= 0.6 is 23.2 Å². The molecule has 0 radical (unpaired) electrons. The minimum absolute atomic E-state index is 0.0694. The highest BCUT2D eigenvalue weighted by Gasteiger charge is 2.48. The summed E-state index contributed by atoms with van der Waals surface area (Å²) >= 11 is 12.8.